The normalized spacial score (nSPS) is 14.7. The Hall–Kier alpha value is -3.00. The lowest BCUT2D eigenvalue weighted by Crippen LogP contribution is -2.37. The quantitative estimate of drug-likeness (QED) is 0.751. The minimum Gasteiger partial charge on any atom is -0.491 e. The van der Waals surface area contributed by atoms with E-state index < -0.39 is 0 Å². The minimum absolute atomic E-state index is 0.134. The average molecular weight is 366 g/mol. The van der Waals surface area contributed by atoms with Gasteiger partial charge in [0.05, 0.1) is 31.2 Å². The van der Waals surface area contributed by atoms with E-state index in [1.165, 1.54) is 0 Å². The van der Waals surface area contributed by atoms with Gasteiger partial charge in [0.1, 0.15) is 5.75 Å². The first kappa shape index (κ1) is 17.4. The van der Waals surface area contributed by atoms with Gasteiger partial charge in [-0.2, -0.15) is 9.97 Å². The molecule has 8 nitrogen and oxygen atoms in total. The van der Waals surface area contributed by atoms with Crippen LogP contribution in [0.15, 0.2) is 30.5 Å². The number of rotatable bonds is 4. The van der Waals surface area contributed by atoms with Crippen molar-refractivity contribution in [3.8, 4) is 17.0 Å². The molecule has 0 aliphatic carbocycles. The maximum Gasteiger partial charge on any atom is 0.224 e. The van der Waals surface area contributed by atoms with Gasteiger partial charge < -0.3 is 20.1 Å². The van der Waals surface area contributed by atoms with Gasteiger partial charge >= 0.3 is 0 Å². The molecular formula is C19H22N6O2. The Labute approximate surface area is 157 Å². The predicted molar refractivity (Wildman–Crippen MR) is 104 cm³/mol. The zero-order valence-corrected chi connectivity index (χ0v) is 15.4. The lowest BCUT2D eigenvalue weighted by molar-refractivity contribution is 0.122. The van der Waals surface area contributed by atoms with Crippen LogP contribution in [0.1, 0.15) is 13.8 Å². The summed E-state index contributed by atoms with van der Waals surface area (Å²) in [7, 11) is 0. The standard InChI is InChI=1S/C19H22N6O2/c1-12(2)27-14-5-3-13(4-6-14)15-11-21-17-16(22-15)18(24-19(20)23-17)25-7-9-26-10-8-25/h3-6,11-12H,7-10H2,1-2H3,(H2,20,21,23,24). The van der Waals surface area contributed by atoms with Crippen LogP contribution in [-0.2, 0) is 4.74 Å². The van der Waals surface area contributed by atoms with Crippen LogP contribution >= 0.6 is 0 Å². The van der Waals surface area contributed by atoms with Crippen molar-refractivity contribution >= 4 is 22.9 Å². The maximum atomic E-state index is 5.88. The summed E-state index contributed by atoms with van der Waals surface area (Å²) in [6.45, 7) is 6.77. The molecule has 1 aliphatic rings. The summed E-state index contributed by atoms with van der Waals surface area (Å²) >= 11 is 0. The molecule has 0 unspecified atom stereocenters. The van der Waals surface area contributed by atoms with E-state index in [0.29, 0.717) is 30.2 Å². The number of fused-ring (bicyclic) bond motifs is 1. The molecule has 1 aromatic carbocycles. The molecule has 0 radical (unpaired) electrons. The summed E-state index contributed by atoms with van der Waals surface area (Å²) < 4.78 is 11.1. The molecule has 0 saturated carbocycles. The fourth-order valence-electron chi connectivity index (χ4n) is 3.02. The first-order valence-corrected chi connectivity index (χ1v) is 9.00. The number of hydrogen-bond donors (Lipinski definition) is 1. The molecule has 4 rings (SSSR count). The molecule has 27 heavy (non-hydrogen) atoms. The molecule has 1 aliphatic heterocycles. The number of nitrogens with two attached hydrogens (primary N) is 1. The van der Waals surface area contributed by atoms with E-state index in [9.17, 15) is 0 Å². The molecule has 0 spiro atoms. The van der Waals surface area contributed by atoms with Crippen molar-refractivity contribution in [2.45, 2.75) is 20.0 Å². The van der Waals surface area contributed by atoms with Gasteiger partial charge in [-0.05, 0) is 38.1 Å². The summed E-state index contributed by atoms with van der Waals surface area (Å²) in [6, 6.07) is 7.81. The topological polar surface area (TPSA) is 99.3 Å². The molecule has 3 aromatic rings. The molecule has 8 heteroatoms. The van der Waals surface area contributed by atoms with E-state index in [1.807, 2.05) is 38.1 Å². The highest BCUT2D eigenvalue weighted by atomic mass is 16.5. The van der Waals surface area contributed by atoms with Crippen LogP contribution in [0, 0.1) is 0 Å². The van der Waals surface area contributed by atoms with Crippen molar-refractivity contribution in [2.75, 3.05) is 36.9 Å². The van der Waals surface area contributed by atoms with Crippen molar-refractivity contribution in [1.82, 2.24) is 19.9 Å². The monoisotopic (exact) mass is 366 g/mol. The number of hydrogen-bond acceptors (Lipinski definition) is 8. The van der Waals surface area contributed by atoms with Gasteiger partial charge in [-0.25, -0.2) is 9.97 Å². The maximum absolute atomic E-state index is 5.88. The number of aromatic nitrogens is 4. The van der Waals surface area contributed by atoms with Gasteiger partial charge in [0.2, 0.25) is 5.95 Å². The molecule has 1 fully saturated rings. The van der Waals surface area contributed by atoms with Gasteiger partial charge in [-0.15, -0.1) is 0 Å². The number of nitrogen functional groups attached to an aromatic ring is 1. The second-order valence-corrected chi connectivity index (χ2v) is 6.62. The second-order valence-electron chi connectivity index (χ2n) is 6.62. The first-order valence-electron chi connectivity index (χ1n) is 9.00. The number of nitrogens with zero attached hydrogens (tertiary/aromatic N) is 5. The lowest BCUT2D eigenvalue weighted by Gasteiger charge is -2.28. The van der Waals surface area contributed by atoms with Crippen molar-refractivity contribution in [3.63, 3.8) is 0 Å². The van der Waals surface area contributed by atoms with Crippen LogP contribution in [0.4, 0.5) is 11.8 Å². The molecule has 3 heterocycles. The Morgan fingerprint density at radius 2 is 1.81 bits per heavy atom. The fourth-order valence-corrected chi connectivity index (χ4v) is 3.02. The molecule has 1 saturated heterocycles. The van der Waals surface area contributed by atoms with Crippen LogP contribution < -0.4 is 15.4 Å². The number of ether oxygens (including phenoxy) is 2. The molecule has 2 aromatic heterocycles. The van der Waals surface area contributed by atoms with Crippen LogP contribution in [-0.4, -0.2) is 52.3 Å². The van der Waals surface area contributed by atoms with E-state index in [2.05, 4.69) is 19.9 Å². The van der Waals surface area contributed by atoms with Crippen molar-refractivity contribution in [3.05, 3.63) is 30.5 Å². The van der Waals surface area contributed by atoms with E-state index in [0.717, 1.165) is 30.1 Å². The van der Waals surface area contributed by atoms with Crippen LogP contribution in [0.3, 0.4) is 0 Å². The number of benzene rings is 1. The van der Waals surface area contributed by atoms with Crippen LogP contribution in [0.25, 0.3) is 22.4 Å². The van der Waals surface area contributed by atoms with Crippen LogP contribution in [0.5, 0.6) is 5.75 Å². The minimum atomic E-state index is 0.134. The highest BCUT2D eigenvalue weighted by Crippen LogP contribution is 2.27. The van der Waals surface area contributed by atoms with Gasteiger partial charge in [0, 0.05) is 18.7 Å². The summed E-state index contributed by atoms with van der Waals surface area (Å²) in [5, 5.41) is 0. The van der Waals surface area contributed by atoms with Crippen molar-refractivity contribution < 1.29 is 9.47 Å². The van der Waals surface area contributed by atoms with Gasteiger partial charge in [0.25, 0.3) is 0 Å². The SMILES string of the molecule is CC(C)Oc1ccc(-c2cnc3nc(N)nc(N4CCOCC4)c3n2)cc1. The molecule has 2 N–H and O–H groups in total. The van der Waals surface area contributed by atoms with E-state index in [-0.39, 0.29) is 12.1 Å². The van der Waals surface area contributed by atoms with Crippen LogP contribution in [0.2, 0.25) is 0 Å². The van der Waals surface area contributed by atoms with Gasteiger partial charge in [-0.1, -0.05) is 0 Å². The lowest BCUT2D eigenvalue weighted by atomic mass is 10.1. The van der Waals surface area contributed by atoms with Crippen molar-refractivity contribution in [2.24, 2.45) is 0 Å². The molecule has 140 valence electrons. The third-order valence-electron chi connectivity index (χ3n) is 4.24. The highest BCUT2D eigenvalue weighted by molar-refractivity contribution is 5.85. The number of morpholine rings is 1. The summed E-state index contributed by atoms with van der Waals surface area (Å²) in [6.07, 6.45) is 1.84. The van der Waals surface area contributed by atoms with Gasteiger partial charge in [-0.3, -0.25) is 0 Å². The van der Waals surface area contributed by atoms with E-state index in [4.69, 9.17) is 20.2 Å². The highest BCUT2D eigenvalue weighted by Gasteiger charge is 2.19. The molecule has 0 amide bonds. The predicted octanol–water partition coefficient (Wildman–Crippen LogP) is 2.29. The Morgan fingerprint density at radius 3 is 2.52 bits per heavy atom. The second kappa shape index (κ2) is 7.32. The smallest absolute Gasteiger partial charge is 0.224 e. The fraction of sp³-hybridized carbons (Fsp3) is 0.368. The number of anilines is 2. The zero-order chi connectivity index (χ0) is 18.8. The summed E-state index contributed by atoms with van der Waals surface area (Å²) in [5.74, 6) is 1.73. The first-order chi connectivity index (χ1) is 13.1. The summed E-state index contributed by atoms with van der Waals surface area (Å²) in [4.78, 5) is 20.0. The Balaban J connectivity index is 1.73. The molecule has 0 atom stereocenters. The Morgan fingerprint density at radius 1 is 1.07 bits per heavy atom. The Kier molecular flexibility index (Phi) is 4.72. The van der Waals surface area contributed by atoms with Crippen molar-refractivity contribution in [1.29, 1.82) is 0 Å². The van der Waals surface area contributed by atoms with E-state index in [1.54, 1.807) is 6.20 Å². The summed E-state index contributed by atoms with van der Waals surface area (Å²) in [5.41, 5.74) is 8.71. The van der Waals surface area contributed by atoms with E-state index >= 15 is 0 Å². The molecular weight excluding hydrogens is 344 g/mol. The Bertz CT molecular complexity index is 939. The average Bonchev–Trinajstić information content (AvgIpc) is 2.68. The largest absolute Gasteiger partial charge is 0.491 e. The third kappa shape index (κ3) is 3.75. The third-order valence-corrected chi connectivity index (χ3v) is 4.24. The zero-order valence-electron chi connectivity index (χ0n) is 15.4. The molecule has 0 bridgehead atoms. The van der Waals surface area contributed by atoms with Gasteiger partial charge in [0.15, 0.2) is 17.0 Å².